The van der Waals surface area contributed by atoms with E-state index in [-0.39, 0.29) is 0 Å². The number of rotatable bonds is 2. The second-order valence-electron chi connectivity index (χ2n) is 4.83. The van der Waals surface area contributed by atoms with Gasteiger partial charge in [-0.1, -0.05) is 0 Å². The van der Waals surface area contributed by atoms with E-state index in [2.05, 4.69) is 60.7 Å². The Morgan fingerprint density at radius 2 is 2.11 bits per heavy atom. The minimum absolute atomic E-state index is 0.321. The molecule has 0 amide bonds. The maximum Gasteiger partial charge on any atom is 0.0771 e. The highest BCUT2D eigenvalue weighted by Crippen LogP contribution is 2.41. The molecule has 3 rings (SSSR count). The van der Waals surface area contributed by atoms with Crippen molar-refractivity contribution in [2.45, 2.75) is 10.1 Å². The molecular weight excluding hydrogens is 254 g/mol. The summed E-state index contributed by atoms with van der Waals surface area (Å²) in [7, 11) is 6.08. The normalized spacial score (nSPS) is 20.1. The summed E-state index contributed by atoms with van der Waals surface area (Å²) < 4.78 is 0. The maximum absolute atomic E-state index is 4.75. The van der Waals surface area contributed by atoms with Gasteiger partial charge in [0, 0.05) is 37.4 Å². The fraction of sp³-hybridized carbons (Fsp3) is 0.267. The predicted octanol–water partition coefficient (Wildman–Crippen LogP) is 3.29. The van der Waals surface area contributed by atoms with Gasteiger partial charge in [0.15, 0.2) is 0 Å². The van der Waals surface area contributed by atoms with E-state index in [1.807, 2.05) is 18.8 Å². The van der Waals surface area contributed by atoms with Crippen LogP contribution in [0.3, 0.4) is 0 Å². The van der Waals surface area contributed by atoms with Crippen LogP contribution in [0.1, 0.15) is 0 Å². The largest absolute Gasteiger partial charge is 0.388 e. The molecule has 0 bridgehead atoms. The van der Waals surface area contributed by atoms with Crippen LogP contribution < -0.4 is 5.32 Å². The molecule has 1 aliphatic heterocycles. The smallest absolute Gasteiger partial charge is 0.0771 e. The van der Waals surface area contributed by atoms with Crippen molar-refractivity contribution in [2.24, 2.45) is 4.99 Å². The number of nitrogens with one attached hydrogen (secondary N) is 1. The Bertz CT molecular complexity index is 599. The molecule has 1 aromatic carbocycles. The fourth-order valence-corrected chi connectivity index (χ4v) is 3.35. The summed E-state index contributed by atoms with van der Waals surface area (Å²) in [4.78, 5) is 8.13. The second-order valence-corrected chi connectivity index (χ2v) is 6.01. The first-order valence-electron chi connectivity index (χ1n) is 6.31. The van der Waals surface area contributed by atoms with E-state index >= 15 is 0 Å². The van der Waals surface area contributed by atoms with Gasteiger partial charge in [0.2, 0.25) is 0 Å². The van der Waals surface area contributed by atoms with Crippen LogP contribution in [0.4, 0.5) is 11.4 Å². The average Bonchev–Trinajstić information content (AvgIpc) is 2.43. The Morgan fingerprint density at radius 1 is 1.26 bits per heavy atom. The average molecular weight is 271 g/mol. The summed E-state index contributed by atoms with van der Waals surface area (Å²) in [5.74, 6) is 0. The Balaban J connectivity index is 1.98. The molecule has 1 aromatic rings. The van der Waals surface area contributed by atoms with Gasteiger partial charge in [0.1, 0.15) is 0 Å². The molecule has 0 aromatic heterocycles. The third kappa shape index (κ3) is 2.28. The van der Waals surface area contributed by atoms with Crippen molar-refractivity contribution in [1.82, 2.24) is 4.90 Å². The molecule has 19 heavy (non-hydrogen) atoms. The van der Waals surface area contributed by atoms with Crippen LogP contribution in [0.15, 0.2) is 52.0 Å². The number of fused-ring (bicyclic) bond motifs is 2. The lowest BCUT2D eigenvalue weighted by Gasteiger charge is -2.26. The van der Waals surface area contributed by atoms with Crippen LogP contribution in [0.5, 0.6) is 0 Å². The second kappa shape index (κ2) is 4.78. The van der Waals surface area contributed by atoms with Gasteiger partial charge in [-0.15, -0.1) is 11.8 Å². The number of hydrogen-bond acceptors (Lipinski definition) is 4. The number of nitrogens with zero attached hydrogens (tertiary/aromatic N) is 2. The number of thioether (sulfide) groups is 1. The number of benzene rings is 1. The lowest BCUT2D eigenvalue weighted by atomic mass is 10.1. The molecule has 0 spiro atoms. The summed E-state index contributed by atoms with van der Waals surface area (Å²) in [5.41, 5.74) is 4.58. The quantitative estimate of drug-likeness (QED) is 0.894. The van der Waals surface area contributed by atoms with Gasteiger partial charge in [-0.2, -0.15) is 0 Å². The summed E-state index contributed by atoms with van der Waals surface area (Å²) in [6, 6.07) is 6.32. The van der Waals surface area contributed by atoms with E-state index in [4.69, 9.17) is 4.99 Å². The molecule has 0 saturated carbocycles. The first kappa shape index (κ1) is 12.4. The molecule has 98 valence electrons. The molecule has 1 heterocycles. The predicted molar refractivity (Wildman–Crippen MR) is 83.6 cm³/mol. The SMILES string of the molecule is CNc1ccc2c(c1)SC1C=C(N(C)C)C=CC1=N2. The van der Waals surface area contributed by atoms with E-state index in [9.17, 15) is 0 Å². The standard InChI is InChI=1S/C15H17N3S/c1-16-10-4-6-12-14(8-10)19-15-9-11(18(2)3)5-7-13(15)17-12/h4-9,15-16H,1-3H3. The molecule has 1 aliphatic carbocycles. The van der Waals surface area contributed by atoms with Crippen molar-refractivity contribution >= 4 is 28.8 Å². The molecule has 0 radical (unpaired) electrons. The monoisotopic (exact) mass is 271 g/mol. The lowest BCUT2D eigenvalue weighted by molar-refractivity contribution is 0.528. The van der Waals surface area contributed by atoms with Crippen LogP contribution in [0.2, 0.25) is 0 Å². The number of aliphatic imine (C=N–C) groups is 1. The highest BCUT2D eigenvalue weighted by molar-refractivity contribution is 8.01. The van der Waals surface area contributed by atoms with Crippen molar-refractivity contribution in [1.29, 1.82) is 0 Å². The Kier molecular flexibility index (Phi) is 3.11. The van der Waals surface area contributed by atoms with E-state index in [1.54, 1.807) is 0 Å². The molecular formula is C15H17N3S. The summed E-state index contributed by atoms with van der Waals surface area (Å²) >= 11 is 1.87. The van der Waals surface area contributed by atoms with E-state index in [0.717, 1.165) is 17.1 Å². The van der Waals surface area contributed by atoms with Gasteiger partial charge >= 0.3 is 0 Å². The van der Waals surface area contributed by atoms with Crippen molar-refractivity contribution in [3.8, 4) is 0 Å². The third-order valence-corrected chi connectivity index (χ3v) is 4.52. The van der Waals surface area contributed by atoms with Gasteiger partial charge in [0.25, 0.3) is 0 Å². The topological polar surface area (TPSA) is 27.6 Å². The maximum atomic E-state index is 4.75. The van der Waals surface area contributed by atoms with Crippen LogP contribution in [0.25, 0.3) is 0 Å². The highest BCUT2D eigenvalue weighted by Gasteiger charge is 2.23. The van der Waals surface area contributed by atoms with Gasteiger partial charge < -0.3 is 10.2 Å². The van der Waals surface area contributed by atoms with Crippen LogP contribution in [0, 0.1) is 0 Å². The van der Waals surface area contributed by atoms with Gasteiger partial charge in [0.05, 0.1) is 16.6 Å². The Hall–Kier alpha value is -1.68. The van der Waals surface area contributed by atoms with Crippen molar-refractivity contribution in [2.75, 3.05) is 26.5 Å². The summed E-state index contributed by atoms with van der Waals surface area (Å²) in [5, 5.41) is 3.50. The number of allylic oxidation sites excluding steroid dienone is 2. The molecule has 0 saturated heterocycles. The number of anilines is 1. The Labute approximate surface area is 118 Å². The zero-order valence-corrected chi connectivity index (χ0v) is 12.2. The van der Waals surface area contributed by atoms with Crippen LogP contribution in [-0.2, 0) is 0 Å². The summed E-state index contributed by atoms with van der Waals surface area (Å²) in [6.07, 6.45) is 6.53. The van der Waals surface area contributed by atoms with Crippen molar-refractivity contribution < 1.29 is 0 Å². The molecule has 1 atom stereocenters. The third-order valence-electron chi connectivity index (χ3n) is 3.31. The zero-order chi connectivity index (χ0) is 13.4. The lowest BCUT2D eigenvalue weighted by Crippen LogP contribution is -2.22. The minimum Gasteiger partial charge on any atom is -0.388 e. The number of likely N-dealkylation sites (N-methyl/N-ethyl adjacent to an activating group) is 1. The zero-order valence-electron chi connectivity index (χ0n) is 11.3. The van der Waals surface area contributed by atoms with E-state index in [0.29, 0.717) is 5.25 Å². The van der Waals surface area contributed by atoms with E-state index < -0.39 is 0 Å². The minimum atomic E-state index is 0.321. The van der Waals surface area contributed by atoms with Crippen molar-refractivity contribution in [3.63, 3.8) is 0 Å². The molecule has 4 heteroatoms. The molecule has 0 fully saturated rings. The fourth-order valence-electron chi connectivity index (χ4n) is 2.19. The van der Waals surface area contributed by atoms with Gasteiger partial charge in [-0.3, -0.25) is 4.99 Å². The molecule has 1 unspecified atom stereocenters. The Morgan fingerprint density at radius 3 is 2.84 bits per heavy atom. The number of hydrogen-bond donors (Lipinski definition) is 1. The van der Waals surface area contributed by atoms with Gasteiger partial charge in [-0.25, -0.2) is 0 Å². The highest BCUT2D eigenvalue weighted by atomic mass is 32.2. The molecule has 2 aliphatic rings. The van der Waals surface area contributed by atoms with Crippen molar-refractivity contribution in [3.05, 3.63) is 42.1 Å². The van der Waals surface area contributed by atoms with E-state index in [1.165, 1.54) is 10.6 Å². The first-order valence-corrected chi connectivity index (χ1v) is 7.19. The molecule has 1 N–H and O–H groups in total. The molecule has 3 nitrogen and oxygen atoms in total. The van der Waals surface area contributed by atoms with Gasteiger partial charge in [-0.05, 0) is 36.4 Å². The van der Waals surface area contributed by atoms with Crippen LogP contribution >= 0.6 is 11.8 Å². The van der Waals surface area contributed by atoms with Crippen LogP contribution in [-0.4, -0.2) is 37.0 Å². The summed E-state index contributed by atoms with van der Waals surface area (Å²) in [6.45, 7) is 0. The first-order chi connectivity index (χ1) is 9.17.